The van der Waals surface area contributed by atoms with Crippen LogP contribution in [0.15, 0.2) is 23.1 Å². The predicted molar refractivity (Wildman–Crippen MR) is 54.1 cm³/mol. The second kappa shape index (κ2) is 3.02. The molecule has 12 heavy (non-hydrogen) atoms. The van der Waals surface area contributed by atoms with E-state index in [1.165, 1.54) is 5.56 Å². The molecule has 1 rings (SSSR count). The Balaban J connectivity index is 3.14. The summed E-state index contributed by atoms with van der Waals surface area (Å²) < 4.78 is 0. The summed E-state index contributed by atoms with van der Waals surface area (Å²) in [6.45, 7) is 6.39. The first-order valence-electron chi connectivity index (χ1n) is 3.94. The number of phenolic OH excluding ortho intramolecular Hbond substituents is 1. The minimum absolute atomic E-state index is 0.116. The molecule has 0 unspecified atom stereocenters. The van der Waals surface area contributed by atoms with Crippen molar-refractivity contribution in [3.63, 3.8) is 0 Å². The minimum Gasteiger partial charge on any atom is -0.507 e. The normalized spacial score (nSPS) is 11.7. The van der Waals surface area contributed by atoms with E-state index in [9.17, 15) is 5.11 Å². The van der Waals surface area contributed by atoms with Gasteiger partial charge in [0.15, 0.2) is 0 Å². The van der Waals surface area contributed by atoms with Gasteiger partial charge in [-0.1, -0.05) is 26.8 Å². The SMILES string of the molecule is CC(C)(C)c1ccc(O)c(S)c1. The van der Waals surface area contributed by atoms with Crippen LogP contribution in [0.3, 0.4) is 0 Å². The molecule has 0 aromatic heterocycles. The number of aromatic hydroxyl groups is 1. The van der Waals surface area contributed by atoms with Gasteiger partial charge in [-0.15, -0.1) is 12.6 Å². The van der Waals surface area contributed by atoms with E-state index in [0.717, 1.165) is 0 Å². The van der Waals surface area contributed by atoms with Crippen molar-refractivity contribution in [3.8, 4) is 5.75 Å². The van der Waals surface area contributed by atoms with Gasteiger partial charge in [0.05, 0.1) is 0 Å². The van der Waals surface area contributed by atoms with Crippen molar-refractivity contribution >= 4 is 12.6 Å². The van der Waals surface area contributed by atoms with Crippen LogP contribution in [0.5, 0.6) is 5.75 Å². The minimum atomic E-state index is 0.116. The van der Waals surface area contributed by atoms with E-state index in [0.29, 0.717) is 4.90 Å². The fraction of sp³-hybridized carbons (Fsp3) is 0.400. The molecule has 0 fully saturated rings. The van der Waals surface area contributed by atoms with E-state index in [1.54, 1.807) is 6.07 Å². The lowest BCUT2D eigenvalue weighted by Crippen LogP contribution is -2.10. The predicted octanol–water partition coefficient (Wildman–Crippen LogP) is 2.98. The monoisotopic (exact) mass is 182 g/mol. The van der Waals surface area contributed by atoms with E-state index in [1.807, 2.05) is 12.1 Å². The molecule has 1 aromatic rings. The van der Waals surface area contributed by atoms with Gasteiger partial charge in [0.1, 0.15) is 5.75 Å². The summed E-state index contributed by atoms with van der Waals surface area (Å²) in [5.74, 6) is 0.242. The van der Waals surface area contributed by atoms with E-state index in [2.05, 4.69) is 33.4 Å². The van der Waals surface area contributed by atoms with Crippen molar-refractivity contribution in [2.24, 2.45) is 0 Å². The summed E-state index contributed by atoms with van der Waals surface area (Å²) >= 11 is 4.15. The van der Waals surface area contributed by atoms with Crippen LogP contribution in [-0.2, 0) is 5.41 Å². The maximum absolute atomic E-state index is 9.23. The Morgan fingerprint density at radius 1 is 1.25 bits per heavy atom. The molecular formula is C10H14OS. The van der Waals surface area contributed by atoms with Crippen LogP contribution in [0.25, 0.3) is 0 Å². The average molecular weight is 182 g/mol. The van der Waals surface area contributed by atoms with E-state index in [4.69, 9.17) is 0 Å². The molecule has 0 saturated heterocycles. The average Bonchev–Trinajstić information content (AvgIpc) is 1.92. The molecule has 0 spiro atoms. The zero-order chi connectivity index (χ0) is 9.35. The lowest BCUT2D eigenvalue weighted by molar-refractivity contribution is 0.461. The van der Waals surface area contributed by atoms with Crippen molar-refractivity contribution in [3.05, 3.63) is 23.8 Å². The van der Waals surface area contributed by atoms with Crippen LogP contribution in [-0.4, -0.2) is 5.11 Å². The molecule has 0 atom stereocenters. The molecule has 0 saturated carbocycles. The summed E-state index contributed by atoms with van der Waals surface area (Å²) in [5, 5.41) is 9.23. The first kappa shape index (κ1) is 9.46. The highest BCUT2D eigenvalue weighted by molar-refractivity contribution is 7.80. The molecule has 0 radical (unpaired) electrons. The first-order valence-corrected chi connectivity index (χ1v) is 4.38. The summed E-state index contributed by atoms with van der Waals surface area (Å²) in [4.78, 5) is 0.641. The molecular weight excluding hydrogens is 168 g/mol. The van der Waals surface area contributed by atoms with Gasteiger partial charge in [0.25, 0.3) is 0 Å². The van der Waals surface area contributed by atoms with E-state index >= 15 is 0 Å². The van der Waals surface area contributed by atoms with Gasteiger partial charge in [0, 0.05) is 4.90 Å². The third-order valence-electron chi connectivity index (χ3n) is 1.84. The molecule has 0 aliphatic carbocycles. The Bertz CT molecular complexity index is 286. The van der Waals surface area contributed by atoms with Crippen LogP contribution in [0, 0.1) is 0 Å². The Morgan fingerprint density at radius 3 is 2.25 bits per heavy atom. The van der Waals surface area contributed by atoms with Gasteiger partial charge in [-0.25, -0.2) is 0 Å². The molecule has 0 heterocycles. The number of hydrogen-bond acceptors (Lipinski definition) is 2. The second-order valence-electron chi connectivity index (χ2n) is 3.95. The molecule has 0 amide bonds. The van der Waals surface area contributed by atoms with Crippen molar-refractivity contribution in [1.29, 1.82) is 0 Å². The maximum Gasteiger partial charge on any atom is 0.128 e. The number of phenols is 1. The quantitative estimate of drug-likeness (QED) is 0.591. The van der Waals surface area contributed by atoms with Crippen LogP contribution in [0.2, 0.25) is 0 Å². The van der Waals surface area contributed by atoms with Crippen molar-refractivity contribution in [1.82, 2.24) is 0 Å². The highest BCUT2D eigenvalue weighted by Gasteiger charge is 2.14. The fourth-order valence-corrected chi connectivity index (χ4v) is 1.20. The largest absolute Gasteiger partial charge is 0.507 e. The smallest absolute Gasteiger partial charge is 0.128 e. The second-order valence-corrected chi connectivity index (χ2v) is 4.44. The number of benzene rings is 1. The van der Waals surface area contributed by atoms with Crippen molar-refractivity contribution in [2.75, 3.05) is 0 Å². The van der Waals surface area contributed by atoms with Gasteiger partial charge >= 0.3 is 0 Å². The molecule has 0 aliphatic rings. The molecule has 66 valence electrons. The molecule has 0 bridgehead atoms. The van der Waals surface area contributed by atoms with Crippen LogP contribution in [0.4, 0.5) is 0 Å². The summed E-state index contributed by atoms with van der Waals surface area (Å²) in [5.41, 5.74) is 1.30. The summed E-state index contributed by atoms with van der Waals surface area (Å²) in [6, 6.07) is 5.51. The zero-order valence-electron chi connectivity index (χ0n) is 7.63. The lowest BCUT2D eigenvalue weighted by Gasteiger charge is -2.19. The topological polar surface area (TPSA) is 20.2 Å². The molecule has 1 N–H and O–H groups in total. The van der Waals surface area contributed by atoms with Crippen molar-refractivity contribution < 1.29 is 5.11 Å². The maximum atomic E-state index is 9.23. The van der Waals surface area contributed by atoms with Gasteiger partial charge in [-0.3, -0.25) is 0 Å². The number of rotatable bonds is 0. The molecule has 2 heteroatoms. The summed E-state index contributed by atoms with van der Waals surface area (Å²) in [7, 11) is 0. The van der Waals surface area contributed by atoms with Crippen molar-refractivity contribution in [2.45, 2.75) is 31.1 Å². The van der Waals surface area contributed by atoms with Crippen LogP contribution in [0.1, 0.15) is 26.3 Å². The molecule has 1 aromatic carbocycles. The van der Waals surface area contributed by atoms with Crippen LogP contribution < -0.4 is 0 Å². The number of thiol groups is 1. The van der Waals surface area contributed by atoms with E-state index in [-0.39, 0.29) is 11.2 Å². The number of hydrogen-bond donors (Lipinski definition) is 2. The lowest BCUT2D eigenvalue weighted by atomic mass is 9.87. The van der Waals surface area contributed by atoms with Crippen LogP contribution >= 0.6 is 12.6 Å². The van der Waals surface area contributed by atoms with Gasteiger partial charge in [0.2, 0.25) is 0 Å². The van der Waals surface area contributed by atoms with Gasteiger partial charge in [-0.05, 0) is 23.1 Å². The standard InChI is InChI=1S/C10H14OS/c1-10(2,3)7-4-5-8(11)9(12)6-7/h4-6,11-12H,1-3H3. The Labute approximate surface area is 78.8 Å². The van der Waals surface area contributed by atoms with Gasteiger partial charge in [-0.2, -0.15) is 0 Å². The van der Waals surface area contributed by atoms with E-state index < -0.39 is 0 Å². The fourth-order valence-electron chi connectivity index (χ4n) is 0.990. The Hall–Kier alpha value is -0.630. The summed E-state index contributed by atoms with van der Waals surface area (Å²) in [6.07, 6.45) is 0. The highest BCUT2D eigenvalue weighted by Crippen LogP contribution is 2.28. The molecule has 1 nitrogen and oxygen atoms in total. The highest BCUT2D eigenvalue weighted by atomic mass is 32.1. The first-order chi connectivity index (χ1) is 5.41. The zero-order valence-corrected chi connectivity index (χ0v) is 8.52. The third-order valence-corrected chi connectivity index (χ3v) is 2.20. The Kier molecular flexibility index (Phi) is 2.38. The Morgan fingerprint density at radius 2 is 1.83 bits per heavy atom. The molecule has 0 aliphatic heterocycles. The van der Waals surface area contributed by atoms with Gasteiger partial charge < -0.3 is 5.11 Å². The third kappa shape index (κ3) is 1.95.